The van der Waals surface area contributed by atoms with Crippen LogP contribution >= 0.6 is 27.5 Å². The summed E-state index contributed by atoms with van der Waals surface area (Å²) >= 11 is 9.56. The second-order valence-electron chi connectivity index (χ2n) is 8.74. The summed E-state index contributed by atoms with van der Waals surface area (Å²) in [5, 5.41) is 0.426. The number of rotatable bonds is 7. The zero-order valence-electron chi connectivity index (χ0n) is 20.4. The van der Waals surface area contributed by atoms with E-state index in [1.54, 1.807) is 77.6 Å². The number of benzene rings is 2. The van der Waals surface area contributed by atoms with Gasteiger partial charge in [-0.15, -0.1) is 0 Å². The zero-order chi connectivity index (χ0) is 26.8. The van der Waals surface area contributed by atoms with Crippen LogP contribution in [0.2, 0.25) is 5.02 Å². The Morgan fingerprint density at radius 3 is 2.58 bits per heavy atom. The van der Waals surface area contributed by atoms with Crippen molar-refractivity contribution in [1.82, 2.24) is 24.0 Å². The number of carbonyl (C=O) groups is 2. The van der Waals surface area contributed by atoms with E-state index in [9.17, 15) is 14.4 Å². The summed E-state index contributed by atoms with van der Waals surface area (Å²) in [5.41, 5.74) is 2.08. The predicted molar refractivity (Wildman–Crippen MR) is 145 cm³/mol. The lowest BCUT2D eigenvalue weighted by atomic mass is 10.1. The van der Waals surface area contributed by atoms with Crippen molar-refractivity contribution in [2.75, 3.05) is 13.7 Å². The average Bonchev–Trinajstić information content (AvgIpc) is 3.25. The van der Waals surface area contributed by atoms with E-state index in [-0.39, 0.29) is 42.6 Å². The number of nitrogens with zero attached hydrogens (tertiary/aromatic N) is 5. The second kappa shape index (κ2) is 10.9. The van der Waals surface area contributed by atoms with Crippen molar-refractivity contribution in [3.8, 4) is 11.4 Å². The first kappa shape index (κ1) is 25.9. The molecular weight excluding hydrogens is 574 g/mol. The molecule has 0 saturated heterocycles. The molecule has 0 atom stereocenters. The number of ether oxygens (including phenoxy) is 1. The van der Waals surface area contributed by atoms with E-state index >= 15 is 0 Å². The van der Waals surface area contributed by atoms with Gasteiger partial charge in [0.15, 0.2) is 5.78 Å². The Balaban J connectivity index is 1.53. The van der Waals surface area contributed by atoms with E-state index in [1.807, 2.05) is 0 Å². The first-order chi connectivity index (χ1) is 18.4. The zero-order valence-corrected chi connectivity index (χ0v) is 22.8. The van der Waals surface area contributed by atoms with Crippen molar-refractivity contribution in [2.24, 2.45) is 0 Å². The van der Waals surface area contributed by atoms with Crippen molar-refractivity contribution >= 4 is 39.2 Å². The Morgan fingerprint density at radius 2 is 1.89 bits per heavy atom. The summed E-state index contributed by atoms with van der Waals surface area (Å²) in [6, 6.07) is 12.0. The van der Waals surface area contributed by atoms with Crippen LogP contribution in [0.4, 0.5) is 0 Å². The van der Waals surface area contributed by atoms with Gasteiger partial charge in [-0.1, -0.05) is 11.6 Å². The van der Waals surface area contributed by atoms with E-state index in [1.165, 1.54) is 4.57 Å². The lowest BCUT2D eigenvalue weighted by molar-refractivity contribution is 0.0707. The summed E-state index contributed by atoms with van der Waals surface area (Å²) < 4.78 is 8.95. The molecule has 0 spiro atoms. The number of imidazole rings is 1. The highest BCUT2D eigenvalue weighted by Gasteiger charge is 2.32. The average molecular weight is 597 g/mol. The highest BCUT2D eigenvalue weighted by atomic mass is 79.9. The Hall–Kier alpha value is -3.76. The molecule has 11 heteroatoms. The third-order valence-electron chi connectivity index (χ3n) is 6.45. The van der Waals surface area contributed by atoms with Crippen LogP contribution in [-0.2, 0) is 19.5 Å². The number of halogens is 2. The van der Waals surface area contributed by atoms with Crippen molar-refractivity contribution in [2.45, 2.75) is 25.9 Å². The monoisotopic (exact) mass is 595 g/mol. The molecule has 1 amide bonds. The van der Waals surface area contributed by atoms with Crippen LogP contribution in [0.25, 0.3) is 5.69 Å². The summed E-state index contributed by atoms with van der Waals surface area (Å²) in [5.74, 6) is 0.179. The van der Waals surface area contributed by atoms with Crippen LogP contribution in [0.5, 0.6) is 5.75 Å². The largest absolute Gasteiger partial charge is 0.497 e. The molecule has 2 aromatic heterocycles. The fourth-order valence-electron chi connectivity index (χ4n) is 4.52. The highest BCUT2D eigenvalue weighted by molar-refractivity contribution is 9.10. The molecule has 5 rings (SSSR count). The number of methoxy groups -OCH3 is 1. The SMILES string of the molecule is COc1ccc(-n2c(C(=O)CCc3cnccn3)c3n(c2=O)CCN(C(=O)c2ccc(Br)c(Cl)c2)C3)cc1. The quantitative estimate of drug-likeness (QED) is 0.295. The van der Waals surface area contributed by atoms with Crippen LogP contribution in [0.1, 0.15) is 38.7 Å². The standard InChI is InChI=1S/C27H23BrClN5O4/c1-38-20-6-4-19(5-7-20)34-25(24(35)9-3-18-15-30-10-11-31-18)23-16-32(12-13-33(23)27(34)37)26(36)17-2-8-21(28)22(29)14-17/h2,4-8,10-11,14-15H,3,9,12-13,16H2,1H3. The third kappa shape index (κ3) is 5.01. The molecular formula is C27H23BrClN5O4. The second-order valence-corrected chi connectivity index (χ2v) is 10.0. The number of aryl methyl sites for hydroxylation is 1. The molecule has 38 heavy (non-hydrogen) atoms. The maximum absolute atomic E-state index is 13.7. The predicted octanol–water partition coefficient (Wildman–Crippen LogP) is 4.33. The van der Waals surface area contributed by atoms with E-state index in [0.717, 1.165) is 0 Å². The molecule has 0 unspecified atom stereocenters. The third-order valence-corrected chi connectivity index (χ3v) is 7.68. The van der Waals surface area contributed by atoms with Gasteiger partial charge in [0.25, 0.3) is 5.91 Å². The molecule has 3 heterocycles. The molecule has 1 aliphatic heterocycles. The molecule has 0 bridgehead atoms. The van der Waals surface area contributed by atoms with Gasteiger partial charge in [-0.25, -0.2) is 4.79 Å². The minimum atomic E-state index is -0.327. The number of hydrogen-bond donors (Lipinski definition) is 0. The van der Waals surface area contributed by atoms with Crippen LogP contribution in [0, 0.1) is 0 Å². The maximum Gasteiger partial charge on any atom is 0.333 e. The van der Waals surface area contributed by atoms with E-state index < -0.39 is 0 Å². The number of hydrogen-bond acceptors (Lipinski definition) is 6. The molecule has 194 valence electrons. The smallest absolute Gasteiger partial charge is 0.333 e. The maximum atomic E-state index is 13.7. The topological polar surface area (TPSA) is 99.3 Å². The van der Waals surface area contributed by atoms with Crippen LogP contribution in [0.15, 0.2) is 70.3 Å². The van der Waals surface area contributed by atoms with Gasteiger partial charge in [-0.2, -0.15) is 0 Å². The van der Waals surface area contributed by atoms with Gasteiger partial charge < -0.3 is 9.64 Å². The van der Waals surface area contributed by atoms with Gasteiger partial charge in [0.2, 0.25) is 0 Å². The Morgan fingerprint density at radius 1 is 1.11 bits per heavy atom. The van der Waals surface area contributed by atoms with Crippen molar-refractivity contribution < 1.29 is 14.3 Å². The molecule has 0 fully saturated rings. The molecule has 1 aliphatic rings. The number of aromatic nitrogens is 4. The fourth-order valence-corrected chi connectivity index (χ4v) is 4.95. The minimum Gasteiger partial charge on any atom is -0.497 e. The van der Waals surface area contributed by atoms with Crippen LogP contribution in [-0.4, -0.2) is 49.3 Å². The first-order valence-corrected chi connectivity index (χ1v) is 13.1. The van der Waals surface area contributed by atoms with Crippen LogP contribution < -0.4 is 10.4 Å². The highest BCUT2D eigenvalue weighted by Crippen LogP contribution is 2.27. The molecule has 0 N–H and O–H groups in total. The number of Topliss-reactive ketones (excluding diaryl/α,β-unsaturated/α-hetero) is 1. The summed E-state index contributed by atoms with van der Waals surface area (Å²) in [4.78, 5) is 50.5. The van der Waals surface area contributed by atoms with E-state index in [4.69, 9.17) is 16.3 Å². The molecule has 9 nitrogen and oxygen atoms in total. The van der Waals surface area contributed by atoms with Gasteiger partial charge in [0.05, 0.1) is 35.8 Å². The molecule has 0 radical (unpaired) electrons. The lowest BCUT2D eigenvalue weighted by Gasteiger charge is -2.28. The van der Waals surface area contributed by atoms with Gasteiger partial charge in [0.1, 0.15) is 11.4 Å². The summed E-state index contributed by atoms with van der Waals surface area (Å²) in [6.45, 7) is 0.689. The van der Waals surface area contributed by atoms with Gasteiger partial charge in [-0.05, 0) is 64.8 Å². The van der Waals surface area contributed by atoms with Gasteiger partial charge in [0, 0.05) is 48.1 Å². The summed E-state index contributed by atoms with van der Waals surface area (Å²) in [7, 11) is 1.56. The van der Waals surface area contributed by atoms with Gasteiger partial charge >= 0.3 is 5.69 Å². The normalized spacial score (nSPS) is 12.8. The number of amides is 1. The minimum absolute atomic E-state index is 0.108. The Bertz CT molecular complexity index is 1570. The van der Waals surface area contributed by atoms with Crippen molar-refractivity contribution in [3.05, 3.63) is 104 Å². The van der Waals surface area contributed by atoms with E-state index in [0.29, 0.717) is 50.8 Å². The Kier molecular flexibility index (Phi) is 7.44. The van der Waals surface area contributed by atoms with Crippen LogP contribution in [0.3, 0.4) is 0 Å². The Labute approximate surface area is 231 Å². The lowest BCUT2D eigenvalue weighted by Crippen LogP contribution is -2.41. The molecule has 0 aliphatic carbocycles. The molecule has 0 saturated carbocycles. The number of fused-ring (bicyclic) bond motifs is 1. The van der Waals surface area contributed by atoms with Crippen molar-refractivity contribution in [3.63, 3.8) is 0 Å². The van der Waals surface area contributed by atoms with Gasteiger partial charge in [-0.3, -0.25) is 28.7 Å². The number of carbonyl (C=O) groups excluding carboxylic acids is 2. The number of ketones is 1. The molecule has 2 aromatic carbocycles. The van der Waals surface area contributed by atoms with Crippen molar-refractivity contribution in [1.29, 1.82) is 0 Å². The molecule has 4 aromatic rings. The van der Waals surface area contributed by atoms with E-state index in [2.05, 4.69) is 25.9 Å². The first-order valence-electron chi connectivity index (χ1n) is 11.9. The fraction of sp³-hybridized carbons (Fsp3) is 0.222. The summed E-state index contributed by atoms with van der Waals surface area (Å²) in [6.07, 6.45) is 5.25.